The molecular formula is C18H19N3O3S2. The van der Waals surface area contributed by atoms with Crippen molar-refractivity contribution in [3.63, 3.8) is 0 Å². The summed E-state index contributed by atoms with van der Waals surface area (Å²) >= 11 is 1.41. The van der Waals surface area contributed by atoms with Gasteiger partial charge < -0.3 is 0 Å². The highest BCUT2D eigenvalue weighted by Gasteiger charge is 2.18. The van der Waals surface area contributed by atoms with Gasteiger partial charge in [-0.25, -0.2) is 17.7 Å². The second kappa shape index (κ2) is 6.79. The van der Waals surface area contributed by atoms with E-state index in [1.54, 1.807) is 0 Å². The maximum absolute atomic E-state index is 12.4. The zero-order valence-electron chi connectivity index (χ0n) is 14.9. The monoisotopic (exact) mass is 389 g/mol. The predicted molar refractivity (Wildman–Crippen MR) is 104 cm³/mol. The number of nitrogens with one attached hydrogen (secondary N) is 1. The number of anilines is 1. The second-order valence-corrected chi connectivity index (χ2v) is 9.37. The fourth-order valence-electron chi connectivity index (χ4n) is 2.39. The van der Waals surface area contributed by atoms with E-state index in [0.29, 0.717) is 10.7 Å². The lowest BCUT2D eigenvalue weighted by atomic mass is 10.1. The minimum atomic E-state index is -3.51. The van der Waals surface area contributed by atoms with E-state index in [0.717, 1.165) is 20.1 Å². The Morgan fingerprint density at radius 1 is 1.08 bits per heavy atom. The number of aryl methyl sites for hydroxylation is 2. The lowest BCUT2D eigenvalue weighted by Crippen LogP contribution is -2.22. The van der Waals surface area contributed by atoms with E-state index in [1.165, 1.54) is 55.3 Å². The van der Waals surface area contributed by atoms with Gasteiger partial charge in [-0.1, -0.05) is 11.3 Å². The van der Waals surface area contributed by atoms with Gasteiger partial charge in [0.2, 0.25) is 10.0 Å². The molecule has 0 atom stereocenters. The number of thiazole rings is 1. The van der Waals surface area contributed by atoms with Crippen LogP contribution in [0.1, 0.15) is 21.5 Å². The summed E-state index contributed by atoms with van der Waals surface area (Å²) in [6, 6.07) is 9.89. The van der Waals surface area contributed by atoms with Crippen molar-refractivity contribution in [2.75, 3.05) is 19.4 Å². The summed E-state index contributed by atoms with van der Waals surface area (Å²) in [4.78, 5) is 17.0. The smallest absolute Gasteiger partial charge is 0.257 e. The topological polar surface area (TPSA) is 79.4 Å². The Bertz CT molecular complexity index is 1050. The zero-order chi connectivity index (χ0) is 19.1. The first-order chi connectivity index (χ1) is 12.2. The molecule has 0 aliphatic rings. The lowest BCUT2D eigenvalue weighted by molar-refractivity contribution is 0.102. The van der Waals surface area contributed by atoms with Gasteiger partial charge >= 0.3 is 0 Å². The van der Waals surface area contributed by atoms with Crippen molar-refractivity contribution in [3.8, 4) is 0 Å². The second-order valence-electron chi connectivity index (χ2n) is 6.19. The van der Waals surface area contributed by atoms with Crippen molar-refractivity contribution in [3.05, 3.63) is 53.1 Å². The molecule has 0 aliphatic carbocycles. The van der Waals surface area contributed by atoms with E-state index < -0.39 is 10.0 Å². The van der Waals surface area contributed by atoms with E-state index in [-0.39, 0.29) is 10.8 Å². The maximum atomic E-state index is 12.4. The SMILES string of the molecule is Cc1cc2nc(NC(=O)c3ccc(S(=O)(=O)N(C)C)cc3)sc2cc1C. The molecular weight excluding hydrogens is 370 g/mol. The summed E-state index contributed by atoms with van der Waals surface area (Å²) in [5.74, 6) is -0.327. The van der Waals surface area contributed by atoms with Crippen LogP contribution in [-0.2, 0) is 10.0 Å². The molecule has 0 bridgehead atoms. The van der Waals surface area contributed by atoms with Crippen molar-refractivity contribution in [1.82, 2.24) is 9.29 Å². The first-order valence-corrected chi connectivity index (χ1v) is 10.2. The molecule has 1 N–H and O–H groups in total. The number of hydrogen-bond donors (Lipinski definition) is 1. The number of carbonyl (C=O) groups is 1. The van der Waals surface area contributed by atoms with Gasteiger partial charge in [0.15, 0.2) is 5.13 Å². The molecule has 1 amide bonds. The molecule has 3 aromatic rings. The van der Waals surface area contributed by atoms with Crippen LogP contribution in [0.25, 0.3) is 10.2 Å². The third-order valence-corrected chi connectivity index (χ3v) is 6.88. The van der Waals surface area contributed by atoms with Gasteiger partial charge in [0.25, 0.3) is 5.91 Å². The van der Waals surface area contributed by atoms with Gasteiger partial charge in [0, 0.05) is 19.7 Å². The quantitative estimate of drug-likeness (QED) is 0.741. The summed E-state index contributed by atoms with van der Waals surface area (Å²) in [6.45, 7) is 4.06. The van der Waals surface area contributed by atoms with Gasteiger partial charge in [-0.15, -0.1) is 0 Å². The first kappa shape index (κ1) is 18.5. The molecule has 136 valence electrons. The Labute approximate surface area is 156 Å². The van der Waals surface area contributed by atoms with Crippen molar-refractivity contribution in [2.24, 2.45) is 0 Å². The van der Waals surface area contributed by atoms with E-state index >= 15 is 0 Å². The molecule has 1 aromatic heterocycles. The predicted octanol–water partition coefficient (Wildman–Crippen LogP) is 3.42. The minimum Gasteiger partial charge on any atom is -0.298 e. The maximum Gasteiger partial charge on any atom is 0.257 e. The van der Waals surface area contributed by atoms with Crippen molar-refractivity contribution >= 4 is 42.6 Å². The van der Waals surface area contributed by atoms with Crippen LogP contribution < -0.4 is 5.32 Å². The van der Waals surface area contributed by atoms with Crippen LogP contribution in [0.4, 0.5) is 5.13 Å². The largest absolute Gasteiger partial charge is 0.298 e. The molecule has 0 spiro atoms. The van der Waals surface area contributed by atoms with Gasteiger partial charge in [-0.3, -0.25) is 10.1 Å². The lowest BCUT2D eigenvalue weighted by Gasteiger charge is -2.11. The van der Waals surface area contributed by atoms with E-state index in [1.807, 2.05) is 19.9 Å². The number of benzene rings is 2. The molecule has 0 saturated carbocycles. The van der Waals surface area contributed by atoms with Crippen LogP contribution in [0.3, 0.4) is 0 Å². The Hall–Kier alpha value is -2.29. The molecule has 6 nitrogen and oxygen atoms in total. The highest BCUT2D eigenvalue weighted by atomic mass is 32.2. The summed E-state index contributed by atoms with van der Waals surface area (Å²) in [7, 11) is -0.583. The van der Waals surface area contributed by atoms with E-state index in [9.17, 15) is 13.2 Å². The summed E-state index contributed by atoms with van der Waals surface area (Å²) in [5, 5.41) is 3.29. The summed E-state index contributed by atoms with van der Waals surface area (Å²) in [5.41, 5.74) is 3.55. The van der Waals surface area contributed by atoms with Crippen LogP contribution in [0.5, 0.6) is 0 Å². The molecule has 3 rings (SSSR count). The third-order valence-electron chi connectivity index (χ3n) is 4.12. The zero-order valence-corrected chi connectivity index (χ0v) is 16.5. The molecule has 26 heavy (non-hydrogen) atoms. The van der Waals surface area contributed by atoms with Gasteiger partial charge in [-0.2, -0.15) is 0 Å². The normalized spacial score (nSPS) is 11.9. The van der Waals surface area contributed by atoms with Crippen LogP contribution in [0, 0.1) is 13.8 Å². The highest BCUT2D eigenvalue weighted by Crippen LogP contribution is 2.28. The Balaban J connectivity index is 1.82. The fourth-order valence-corrected chi connectivity index (χ4v) is 4.23. The number of sulfonamides is 1. The molecule has 0 radical (unpaired) electrons. The highest BCUT2D eigenvalue weighted by molar-refractivity contribution is 7.89. The number of amides is 1. The molecule has 0 unspecified atom stereocenters. The first-order valence-electron chi connectivity index (χ1n) is 7.90. The van der Waals surface area contributed by atoms with Crippen molar-refractivity contribution in [2.45, 2.75) is 18.7 Å². The van der Waals surface area contributed by atoms with Gasteiger partial charge in [0.1, 0.15) is 0 Å². The molecule has 2 aromatic carbocycles. The summed E-state index contributed by atoms with van der Waals surface area (Å²) < 4.78 is 26.3. The summed E-state index contributed by atoms with van der Waals surface area (Å²) in [6.07, 6.45) is 0. The average Bonchev–Trinajstić information content (AvgIpc) is 2.96. The number of hydrogen-bond acceptors (Lipinski definition) is 5. The minimum absolute atomic E-state index is 0.144. The number of aromatic nitrogens is 1. The van der Waals surface area contributed by atoms with E-state index in [4.69, 9.17) is 0 Å². The average molecular weight is 390 g/mol. The van der Waals surface area contributed by atoms with Crippen molar-refractivity contribution < 1.29 is 13.2 Å². The molecule has 1 heterocycles. The van der Waals surface area contributed by atoms with Gasteiger partial charge in [0.05, 0.1) is 15.1 Å². The number of nitrogens with zero attached hydrogens (tertiary/aromatic N) is 2. The number of rotatable bonds is 4. The number of fused-ring (bicyclic) bond motifs is 1. The molecule has 8 heteroatoms. The molecule has 0 fully saturated rings. The van der Waals surface area contributed by atoms with Gasteiger partial charge in [-0.05, 0) is 61.4 Å². The van der Waals surface area contributed by atoms with Crippen LogP contribution in [-0.4, -0.2) is 37.7 Å². The number of carbonyl (C=O) groups excluding carboxylic acids is 1. The van der Waals surface area contributed by atoms with Crippen LogP contribution in [0.15, 0.2) is 41.3 Å². The van der Waals surface area contributed by atoms with Crippen molar-refractivity contribution in [1.29, 1.82) is 0 Å². The van der Waals surface area contributed by atoms with Crippen LogP contribution in [0.2, 0.25) is 0 Å². The fraction of sp³-hybridized carbons (Fsp3) is 0.222. The molecule has 0 aliphatic heterocycles. The Kier molecular flexibility index (Phi) is 4.83. The van der Waals surface area contributed by atoms with E-state index in [2.05, 4.69) is 16.4 Å². The standard InChI is InChI=1S/C18H19N3O3S2/c1-11-9-15-16(10-12(11)2)25-18(19-15)20-17(22)13-5-7-14(8-6-13)26(23,24)21(3)4/h5-10H,1-4H3,(H,19,20,22). The molecule has 0 saturated heterocycles. The Morgan fingerprint density at radius 3 is 2.31 bits per heavy atom. The third kappa shape index (κ3) is 3.48. The Morgan fingerprint density at radius 2 is 1.69 bits per heavy atom. The van der Waals surface area contributed by atoms with Crippen LogP contribution >= 0.6 is 11.3 Å².